The van der Waals surface area contributed by atoms with Crippen molar-refractivity contribution >= 4 is 23.2 Å². The number of primary amides is 1. The molecule has 6 heteroatoms. The molecule has 0 radical (unpaired) electrons. The molecule has 0 saturated heterocycles. The van der Waals surface area contributed by atoms with Gasteiger partial charge in [-0.15, -0.1) is 0 Å². The van der Waals surface area contributed by atoms with Crippen LogP contribution in [0.1, 0.15) is 18.5 Å². The van der Waals surface area contributed by atoms with Gasteiger partial charge in [-0.05, 0) is 30.7 Å². The van der Waals surface area contributed by atoms with Crippen LogP contribution in [0.25, 0.3) is 0 Å². The van der Waals surface area contributed by atoms with E-state index in [1.165, 1.54) is 7.11 Å². The largest absolute Gasteiger partial charge is 0.372 e. The molecule has 0 aliphatic heterocycles. The molecule has 2 aromatic carbocycles. The lowest BCUT2D eigenvalue weighted by Gasteiger charge is -2.18. The highest BCUT2D eigenvalue weighted by atomic mass is 16.5. The molecule has 0 unspecified atom stereocenters. The number of carbonyl (C=O) groups is 2. The van der Waals surface area contributed by atoms with E-state index in [0.29, 0.717) is 11.4 Å². The summed E-state index contributed by atoms with van der Waals surface area (Å²) in [6, 6.07) is 15.6. The minimum atomic E-state index is -0.657. The van der Waals surface area contributed by atoms with Crippen molar-refractivity contribution in [2.75, 3.05) is 17.7 Å². The molecule has 2 amide bonds. The highest BCUT2D eigenvalue weighted by Crippen LogP contribution is 2.22. The first kappa shape index (κ1) is 17.5. The van der Waals surface area contributed by atoms with Crippen molar-refractivity contribution in [2.45, 2.75) is 19.1 Å². The summed E-state index contributed by atoms with van der Waals surface area (Å²) in [6.07, 6.45) is -0.552. The van der Waals surface area contributed by atoms with Gasteiger partial charge in [0, 0.05) is 18.5 Å². The van der Waals surface area contributed by atoms with E-state index in [1.807, 2.05) is 30.3 Å². The summed E-state index contributed by atoms with van der Waals surface area (Å²) >= 11 is 0. The van der Waals surface area contributed by atoms with E-state index in [0.717, 1.165) is 5.56 Å². The fourth-order valence-corrected chi connectivity index (χ4v) is 2.17. The maximum atomic E-state index is 11.9. The molecule has 0 bridgehead atoms. The lowest BCUT2D eigenvalue weighted by molar-refractivity contribution is -0.124. The molecule has 2 rings (SSSR count). The molecular weight excluding hydrogens is 306 g/mol. The molecule has 0 aromatic heterocycles. The topological polar surface area (TPSA) is 93.4 Å². The summed E-state index contributed by atoms with van der Waals surface area (Å²) in [5.41, 5.74) is 7.55. The van der Waals surface area contributed by atoms with E-state index in [1.54, 1.807) is 31.2 Å². The first-order valence-electron chi connectivity index (χ1n) is 7.55. The average Bonchev–Trinajstić information content (AvgIpc) is 2.59. The Balaban J connectivity index is 2.15. The van der Waals surface area contributed by atoms with Crippen molar-refractivity contribution in [1.29, 1.82) is 0 Å². The quantitative estimate of drug-likeness (QED) is 0.727. The fraction of sp³-hybridized carbons (Fsp3) is 0.222. The van der Waals surface area contributed by atoms with Gasteiger partial charge in [-0.3, -0.25) is 9.59 Å². The zero-order chi connectivity index (χ0) is 17.5. The summed E-state index contributed by atoms with van der Waals surface area (Å²) < 4.78 is 4.98. The lowest BCUT2D eigenvalue weighted by Crippen LogP contribution is -2.28. The predicted octanol–water partition coefficient (Wildman–Crippen LogP) is 2.30. The van der Waals surface area contributed by atoms with Crippen LogP contribution in [0.5, 0.6) is 0 Å². The number of carbonyl (C=O) groups excluding carboxylic acids is 2. The van der Waals surface area contributed by atoms with Crippen molar-refractivity contribution in [2.24, 2.45) is 5.73 Å². The van der Waals surface area contributed by atoms with Gasteiger partial charge in [0.05, 0.1) is 0 Å². The molecule has 0 aliphatic rings. The van der Waals surface area contributed by atoms with E-state index in [9.17, 15) is 9.59 Å². The normalized spacial score (nSPS) is 12.9. The molecule has 2 aromatic rings. The highest BCUT2D eigenvalue weighted by Gasteiger charge is 2.17. The number of hydrogen-bond acceptors (Lipinski definition) is 4. The van der Waals surface area contributed by atoms with Gasteiger partial charge in [0.15, 0.2) is 0 Å². The molecule has 24 heavy (non-hydrogen) atoms. The molecule has 4 N–H and O–H groups in total. The Morgan fingerprint density at radius 1 is 1.04 bits per heavy atom. The van der Waals surface area contributed by atoms with Crippen LogP contribution in [0.3, 0.4) is 0 Å². The first-order chi connectivity index (χ1) is 11.5. The highest BCUT2D eigenvalue weighted by molar-refractivity contribution is 5.94. The Bertz CT molecular complexity index is 704. The Morgan fingerprint density at radius 2 is 1.71 bits per heavy atom. The van der Waals surface area contributed by atoms with E-state index in [4.69, 9.17) is 10.5 Å². The molecule has 0 spiro atoms. The second-order valence-electron chi connectivity index (χ2n) is 5.34. The Morgan fingerprint density at radius 3 is 2.33 bits per heavy atom. The number of amides is 2. The molecular formula is C18H21N3O3. The third-order valence-corrected chi connectivity index (χ3v) is 3.58. The lowest BCUT2D eigenvalue weighted by atomic mass is 10.1. The summed E-state index contributed by atoms with van der Waals surface area (Å²) in [7, 11) is 1.47. The van der Waals surface area contributed by atoms with Gasteiger partial charge in [0.25, 0.3) is 5.91 Å². The number of nitrogens with two attached hydrogens (primary N) is 1. The number of methoxy groups -OCH3 is 1. The van der Waals surface area contributed by atoms with Crippen molar-refractivity contribution in [3.63, 3.8) is 0 Å². The van der Waals surface area contributed by atoms with Gasteiger partial charge >= 0.3 is 0 Å². The molecule has 126 valence electrons. The second-order valence-corrected chi connectivity index (χ2v) is 5.34. The maximum Gasteiger partial charge on any atom is 0.253 e. The van der Waals surface area contributed by atoms with Crippen LogP contribution in [0, 0.1) is 0 Å². The van der Waals surface area contributed by atoms with Gasteiger partial charge in [0.1, 0.15) is 12.1 Å². The van der Waals surface area contributed by atoms with Gasteiger partial charge in [-0.25, -0.2) is 0 Å². The van der Waals surface area contributed by atoms with Crippen LogP contribution in [0.4, 0.5) is 11.4 Å². The smallest absolute Gasteiger partial charge is 0.253 e. The van der Waals surface area contributed by atoms with E-state index in [2.05, 4.69) is 10.6 Å². The zero-order valence-electron chi connectivity index (χ0n) is 13.7. The number of anilines is 2. The van der Waals surface area contributed by atoms with E-state index in [-0.39, 0.29) is 5.91 Å². The van der Waals surface area contributed by atoms with Gasteiger partial charge in [-0.2, -0.15) is 0 Å². The number of rotatable bonds is 7. The van der Waals surface area contributed by atoms with Crippen molar-refractivity contribution in [3.8, 4) is 0 Å². The average molecular weight is 327 g/mol. The fourth-order valence-electron chi connectivity index (χ4n) is 2.17. The monoisotopic (exact) mass is 327 g/mol. The van der Waals surface area contributed by atoms with E-state index < -0.39 is 18.1 Å². The van der Waals surface area contributed by atoms with Crippen LogP contribution in [0.15, 0.2) is 54.6 Å². The molecule has 0 aliphatic carbocycles. The SMILES string of the molecule is CO[C@H](C)C(=O)Nc1cccc(N[C@@H](C(N)=O)c2ccccc2)c1. The first-order valence-corrected chi connectivity index (χ1v) is 7.55. The maximum absolute atomic E-state index is 11.9. The van der Waals surface area contributed by atoms with Crippen LogP contribution < -0.4 is 16.4 Å². The van der Waals surface area contributed by atoms with Crippen LogP contribution >= 0.6 is 0 Å². The van der Waals surface area contributed by atoms with Gasteiger partial charge in [0.2, 0.25) is 5.91 Å². The van der Waals surface area contributed by atoms with Crippen LogP contribution in [0.2, 0.25) is 0 Å². The minimum Gasteiger partial charge on any atom is -0.372 e. The second kappa shape index (κ2) is 8.12. The van der Waals surface area contributed by atoms with Crippen molar-refractivity contribution in [1.82, 2.24) is 0 Å². The standard InChI is InChI=1S/C18H21N3O3/c1-12(24-2)18(23)21-15-10-6-9-14(11-15)20-16(17(19)22)13-7-4-3-5-8-13/h3-12,16,20H,1-2H3,(H2,19,22)(H,21,23)/t12-,16-/m1/s1. The van der Waals surface area contributed by atoms with Crippen molar-refractivity contribution < 1.29 is 14.3 Å². The molecule has 6 nitrogen and oxygen atoms in total. The van der Waals surface area contributed by atoms with Gasteiger partial charge in [-0.1, -0.05) is 36.4 Å². The van der Waals surface area contributed by atoms with Crippen molar-refractivity contribution in [3.05, 3.63) is 60.2 Å². The van der Waals surface area contributed by atoms with Crippen LogP contribution in [-0.2, 0) is 14.3 Å². The Hall–Kier alpha value is -2.86. The van der Waals surface area contributed by atoms with E-state index >= 15 is 0 Å². The number of hydrogen-bond donors (Lipinski definition) is 3. The molecule has 0 fully saturated rings. The summed E-state index contributed by atoms with van der Waals surface area (Å²) in [5.74, 6) is -0.729. The summed E-state index contributed by atoms with van der Waals surface area (Å²) in [4.78, 5) is 23.6. The third kappa shape index (κ3) is 4.57. The Kier molecular flexibility index (Phi) is 5.92. The number of benzene rings is 2. The van der Waals surface area contributed by atoms with Crippen LogP contribution in [-0.4, -0.2) is 25.0 Å². The minimum absolute atomic E-state index is 0.246. The Labute approximate surface area is 141 Å². The molecule has 2 atom stereocenters. The summed E-state index contributed by atoms with van der Waals surface area (Å²) in [6.45, 7) is 1.66. The summed E-state index contributed by atoms with van der Waals surface area (Å²) in [5, 5.41) is 5.85. The third-order valence-electron chi connectivity index (χ3n) is 3.58. The zero-order valence-corrected chi connectivity index (χ0v) is 13.7. The molecule has 0 saturated carbocycles. The number of nitrogens with one attached hydrogen (secondary N) is 2. The number of ether oxygens (including phenoxy) is 1. The van der Waals surface area contributed by atoms with Gasteiger partial charge < -0.3 is 21.1 Å². The predicted molar refractivity (Wildman–Crippen MR) is 93.5 cm³/mol. The molecule has 0 heterocycles.